The number of hydrogen-bond donors (Lipinski definition) is 6. The fraction of sp³-hybridized carbons (Fsp3) is 1.00. The van der Waals surface area contributed by atoms with Gasteiger partial charge in [-0.2, -0.15) is 0 Å². The first-order valence-electron chi connectivity index (χ1n) is 3.39. The standard InChI is InChI=1S/C4H11NO.2HO3P/c5-3-1-2-4-6;2*1-4(2)3/h6H,1-5H2;2*(H-,1,2,3)/p+2. The maximum atomic E-state index is 8.70. The van der Waals surface area contributed by atoms with E-state index >= 15 is 0 Å². The number of aliphatic hydroxyl groups is 1. The van der Waals surface area contributed by atoms with Gasteiger partial charge in [-0.3, -0.25) is 0 Å². The first kappa shape index (κ1) is 19.5. The molecule has 0 amide bonds. The van der Waals surface area contributed by atoms with Crippen LogP contribution in [0.4, 0.5) is 0 Å². The molecule has 0 fully saturated rings. The van der Waals surface area contributed by atoms with Crippen molar-refractivity contribution < 1.29 is 33.8 Å². The first-order chi connectivity index (χ1) is 6.38. The van der Waals surface area contributed by atoms with Crippen LogP contribution in [0.1, 0.15) is 12.8 Å². The van der Waals surface area contributed by atoms with Crippen molar-refractivity contribution in [2.24, 2.45) is 5.73 Å². The molecule has 8 nitrogen and oxygen atoms in total. The highest BCUT2D eigenvalue weighted by Crippen LogP contribution is 1.98. The van der Waals surface area contributed by atoms with Gasteiger partial charge in [-0.25, -0.2) is 0 Å². The van der Waals surface area contributed by atoms with E-state index in [2.05, 4.69) is 0 Å². The van der Waals surface area contributed by atoms with Crippen molar-refractivity contribution in [1.82, 2.24) is 0 Å². The van der Waals surface area contributed by atoms with Crippen LogP contribution in [-0.4, -0.2) is 37.8 Å². The van der Waals surface area contributed by atoms with Gasteiger partial charge in [0.2, 0.25) is 0 Å². The molecule has 86 valence electrons. The summed E-state index contributed by atoms with van der Waals surface area (Å²) in [6.45, 7) is 0.970. The first-order valence-corrected chi connectivity index (χ1v) is 5.72. The van der Waals surface area contributed by atoms with Crippen molar-refractivity contribution >= 4 is 16.5 Å². The lowest BCUT2D eigenvalue weighted by atomic mass is 10.3. The van der Waals surface area contributed by atoms with Gasteiger partial charge in [0, 0.05) is 15.7 Å². The van der Waals surface area contributed by atoms with Crippen molar-refractivity contribution in [1.29, 1.82) is 0 Å². The molecule has 0 unspecified atom stereocenters. The molecule has 0 aliphatic carbocycles. The van der Waals surface area contributed by atoms with E-state index < -0.39 is 16.5 Å². The quantitative estimate of drug-likeness (QED) is 0.274. The summed E-state index contributed by atoms with van der Waals surface area (Å²) >= 11 is 0. The third-order valence-electron chi connectivity index (χ3n) is 0.612. The monoisotopic (exact) mass is 251 g/mol. The number of rotatable bonds is 3. The van der Waals surface area contributed by atoms with Crippen molar-refractivity contribution in [2.75, 3.05) is 13.2 Å². The molecule has 0 radical (unpaired) electrons. The van der Waals surface area contributed by atoms with Crippen LogP contribution < -0.4 is 5.73 Å². The minimum atomic E-state index is -2.87. The SMILES string of the molecule is NCCCCO.O=[P+](O)O.O=[P+](O)O. The van der Waals surface area contributed by atoms with E-state index in [-0.39, 0.29) is 6.61 Å². The number of aliphatic hydroxyl groups excluding tert-OH is 1. The van der Waals surface area contributed by atoms with Crippen LogP contribution in [-0.2, 0) is 9.13 Å². The van der Waals surface area contributed by atoms with Gasteiger partial charge in [-0.1, -0.05) is 0 Å². The van der Waals surface area contributed by atoms with Crippen LogP contribution in [0.2, 0.25) is 0 Å². The topological polar surface area (TPSA) is 161 Å². The van der Waals surface area contributed by atoms with Crippen molar-refractivity contribution in [2.45, 2.75) is 12.8 Å². The molecule has 0 saturated heterocycles. The summed E-state index contributed by atoms with van der Waals surface area (Å²) in [6.07, 6.45) is 1.78. The molecule has 0 aromatic heterocycles. The molecular weight excluding hydrogens is 236 g/mol. The average Bonchev–Trinajstić information content (AvgIpc) is 1.98. The van der Waals surface area contributed by atoms with Crippen LogP contribution in [0.5, 0.6) is 0 Å². The second-order valence-corrected chi connectivity index (χ2v) is 2.74. The molecule has 10 heteroatoms. The number of hydrogen-bond acceptors (Lipinski definition) is 4. The third kappa shape index (κ3) is 164. The Balaban J connectivity index is -0.000000135. The highest BCUT2D eigenvalue weighted by molar-refractivity contribution is 7.31. The summed E-state index contributed by atoms with van der Waals surface area (Å²) in [4.78, 5) is 28.5. The fourth-order valence-corrected chi connectivity index (χ4v) is 0.256. The predicted molar refractivity (Wildman–Crippen MR) is 49.5 cm³/mol. The Kier molecular flexibility index (Phi) is 26.1. The van der Waals surface area contributed by atoms with E-state index in [0.29, 0.717) is 6.54 Å². The van der Waals surface area contributed by atoms with Gasteiger partial charge in [-0.15, -0.1) is 19.6 Å². The second kappa shape index (κ2) is 18.7. The normalized spacial score (nSPS) is 7.57. The van der Waals surface area contributed by atoms with Gasteiger partial charge in [0.25, 0.3) is 0 Å². The summed E-state index contributed by atoms with van der Waals surface area (Å²) in [7, 11) is -5.74. The van der Waals surface area contributed by atoms with Gasteiger partial charge in [0.05, 0.1) is 0 Å². The minimum Gasteiger partial charge on any atom is -0.396 e. The fourth-order valence-electron chi connectivity index (χ4n) is 0.256. The third-order valence-corrected chi connectivity index (χ3v) is 0.612. The summed E-state index contributed by atoms with van der Waals surface area (Å²) < 4.78 is 17.4. The van der Waals surface area contributed by atoms with Crippen LogP contribution in [0.3, 0.4) is 0 Å². The molecule has 0 atom stereocenters. The van der Waals surface area contributed by atoms with Gasteiger partial charge >= 0.3 is 16.5 Å². The Bertz CT molecular complexity index is 120. The Morgan fingerprint density at radius 1 is 0.929 bits per heavy atom. The highest BCUT2D eigenvalue weighted by Gasteiger charge is 1.93. The molecule has 14 heavy (non-hydrogen) atoms. The van der Waals surface area contributed by atoms with Crippen molar-refractivity contribution in [3.05, 3.63) is 0 Å². The van der Waals surface area contributed by atoms with Crippen LogP contribution in [0, 0.1) is 0 Å². The number of unbranched alkanes of at least 4 members (excludes halogenated alkanes) is 1. The predicted octanol–water partition coefficient (Wildman–Crippen LogP) is -1.03. The number of nitrogens with two attached hydrogens (primary N) is 1. The summed E-state index contributed by atoms with van der Waals surface area (Å²) in [6, 6.07) is 0. The lowest BCUT2D eigenvalue weighted by Crippen LogP contribution is -1.98. The van der Waals surface area contributed by atoms with Crippen LogP contribution in [0.15, 0.2) is 0 Å². The lowest BCUT2D eigenvalue weighted by Gasteiger charge is -1.86. The Labute approximate surface area is 82.9 Å². The minimum absolute atomic E-state index is 0.275. The summed E-state index contributed by atoms with van der Waals surface area (Å²) in [5.74, 6) is 0. The lowest BCUT2D eigenvalue weighted by molar-refractivity contribution is 0.285. The van der Waals surface area contributed by atoms with E-state index in [1.165, 1.54) is 0 Å². The van der Waals surface area contributed by atoms with E-state index in [0.717, 1.165) is 12.8 Å². The molecule has 7 N–H and O–H groups in total. The zero-order valence-corrected chi connectivity index (χ0v) is 9.14. The summed E-state index contributed by atoms with van der Waals surface area (Å²) in [5, 5.41) is 8.14. The van der Waals surface area contributed by atoms with E-state index in [1.54, 1.807) is 0 Å². The maximum Gasteiger partial charge on any atom is 0.692 e. The maximum absolute atomic E-state index is 8.70. The molecule has 0 aromatic carbocycles. The Hall–Kier alpha value is -0.0400. The van der Waals surface area contributed by atoms with E-state index in [9.17, 15) is 0 Å². The average molecular weight is 251 g/mol. The molecule has 0 rings (SSSR count). The largest absolute Gasteiger partial charge is 0.692 e. The molecular formula is C4H15NO7P2+2. The smallest absolute Gasteiger partial charge is 0.396 e. The second-order valence-electron chi connectivity index (χ2n) is 1.72. The molecule has 0 aliphatic rings. The van der Waals surface area contributed by atoms with Gasteiger partial charge in [-0.05, 0) is 19.4 Å². The molecule has 0 aromatic rings. The highest BCUT2D eigenvalue weighted by atomic mass is 31.1. The van der Waals surface area contributed by atoms with Crippen molar-refractivity contribution in [3.8, 4) is 0 Å². The molecule has 0 heterocycles. The molecule has 0 saturated carbocycles. The molecule has 0 spiro atoms. The van der Waals surface area contributed by atoms with Crippen molar-refractivity contribution in [3.63, 3.8) is 0 Å². The Morgan fingerprint density at radius 3 is 1.29 bits per heavy atom. The van der Waals surface area contributed by atoms with Gasteiger partial charge in [0.1, 0.15) is 0 Å². The van der Waals surface area contributed by atoms with E-state index in [4.69, 9.17) is 39.5 Å². The summed E-state index contributed by atoms with van der Waals surface area (Å²) in [5.41, 5.74) is 5.10. The molecule has 0 bridgehead atoms. The zero-order chi connectivity index (χ0) is 12.0. The van der Waals surface area contributed by atoms with Gasteiger partial charge in [0.15, 0.2) is 0 Å². The Morgan fingerprint density at radius 2 is 1.21 bits per heavy atom. The van der Waals surface area contributed by atoms with Crippen LogP contribution in [0.25, 0.3) is 0 Å². The van der Waals surface area contributed by atoms with Gasteiger partial charge < -0.3 is 10.8 Å². The van der Waals surface area contributed by atoms with E-state index in [1.807, 2.05) is 0 Å². The molecule has 0 aliphatic heterocycles. The van der Waals surface area contributed by atoms with Crippen LogP contribution >= 0.6 is 16.5 Å². The zero-order valence-electron chi connectivity index (χ0n) is 7.35.